The number of nitrogens with one attached hydrogen (secondary N) is 4. The Morgan fingerprint density at radius 1 is 1.28 bits per heavy atom. The van der Waals surface area contributed by atoms with Crippen LogP contribution < -0.4 is 26.2 Å². The third-order valence-corrected chi connectivity index (χ3v) is 7.88. The first kappa shape index (κ1) is 19.9. The van der Waals surface area contributed by atoms with Gasteiger partial charge < -0.3 is 15.4 Å². The lowest BCUT2D eigenvalue weighted by atomic mass is 9.74. The van der Waals surface area contributed by atoms with E-state index in [4.69, 9.17) is 4.74 Å². The number of aryl methyl sites for hydroxylation is 1. The van der Waals surface area contributed by atoms with Gasteiger partial charge in [-0.05, 0) is 56.6 Å². The Kier molecular flexibility index (Phi) is 4.42. The number of hydrogen-bond acceptors (Lipinski definition) is 7. The predicted octanol–water partition coefficient (Wildman–Crippen LogP) is 2.47. The van der Waals surface area contributed by atoms with Gasteiger partial charge in [-0.2, -0.15) is 0 Å². The van der Waals surface area contributed by atoms with Crippen molar-refractivity contribution in [2.75, 3.05) is 17.7 Å². The molecule has 0 radical (unpaired) electrons. The Balaban J connectivity index is 1.17. The van der Waals surface area contributed by atoms with Gasteiger partial charge in [0.05, 0.1) is 24.9 Å². The highest BCUT2D eigenvalue weighted by Gasteiger charge is 2.68. The highest BCUT2D eigenvalue weighted by atomic mass is 19.1. The molecule has 6 atom stereocenters. The summed E-state index contributed by atoms with van der Waals surface area (Å²) in [6.07, 6.45) is 5.42. The van der Waals surface area contributed by atoms with Crippen LogP contribution in [0.15, 0.2) is 24.4 Å². The molecule has 2 aliphatic heterocycles. The molecular formula is C23H27FN6O2. The molecular weight excluding hydrogens is 411 g/mol. The van der Waals surface area contributed by atoms with E-state index in [-0.39, 0.29) is 29.8 Å². The Morgan fingerprint density at radius 3 is 3.00 bits per heavy atom. The van der Waals surface area contributed by atoms with Gasteiger partial charge in [0.1, 0.15) is 11.6 Å². The molecule has 6 rings (SSSR count). The number of hydrazine groups is 1. The lowest BCUT2D eigenvalue weighted by Crippen LogP contribution is -2.39. The van der Waals surface area contributed by atoms with Gasteiger partial charge in [-0.15, -0.1) is 0 Å². The number of benzene rings is 1. The Hall–Kier alpha value is -2.78. The first-order valence-corrected chi connectivity index (χ1v) is 11.3. The van der Waals surface area contributed by atoms with Crippen LogP contribution in [0.2, 0.25) is 0 Å². The van der Waals surface area contributed by atoms with E-state index in [1.165, 1.54) is 6.07 Å². The van der Waals surface area contributed by atoms with Crippen molar-refractivity contribution >= 4 is 17.4 Å². The molecule has 4 N–H and O–H groups in total. The van der Waals surface area contributed by atoms with Gasteiger partial charge in [-0.1, -0.05) is 6.07 Å². The number of carbonyl (C=O) groups excluding carboxylic acids is 1. The second-order valence-corrected chi connectivity index (χ2v) is 9.49. The van der Waals surface area contributed by atoms with Crippen molar-refractivity contribution in [2.45, 2.75) is 50.2 Å². The minimum atomic E-state index is -0.673. The maximum Gasteiger partial charge on any atom is 0.235 e. The summed E-state index contributed by atoms with van der Waals surface area (Å²) in [7, 11) is 1.61. The molecule has 2 aromatic rings. The van der Waals surface area contributed by atoms with Crippen molar-refractivity contribution in [2.24, 2.45) is 17.8 Å². The molecule has 32 heavy (non-hydrogen) atoms. The van der Waals surface area contributed by atoms with Gasteiger partial charge in [0.2, 0.25) is 5.91 Å². The highest BCUT2D eigenvalue weighted by molar-refractivity contribution is 6.09. The summed E-state index contributed by atoms with van der Waals surface area (Å²) in [6.45, 7) is 1.85. The maximum atomic E-state index is 14.7. The molecule has 1 amide bonds. The van der Waals surface area contributed by atoms with E-state index in [9.17, 15) is 9.18 Å². The molecule has 4 aliphatic rings. The van der Waals surface area contributed by atoms with Crippen LogP contribution in [0.3, 0.4) is 0 Å². The van der Waals surface area contributed by atoms with Crippen LogP contribution in [-0.2, 0) is 10.2 Å². The zero-order chi connectivity index (χ0) is 22.0. The van der Waals surface area contributed by atoms with E-state index in [1.54, 1.807) is 25.4 Å². The Morgan fingerprint density at radius 2 is 2.16 bits per heavy atom. The molecule has 168 valence electrons. The van der Waals surface area contributed by atoms with E-state index in [0.717, 1.165) is 25.7 Å². The fourth-order valence-electron chi connectivity index (χ4n) is 6.30. The molecule has 1 aromatic heterocycles. The molecule has 2 saturated carbocycles. The molecule has 3 fully saturated rings. The monoisotopic (exact) mass is 438 g/mol. The SMILES string of the molecule is COc1cnc(C)nc1NC1NNC2CC([C@@H]3C[C@]34C(=O)Nc3cccc(F)c34)CCC21. The normalized spacial score (nSPS) is 34.7. The number of ether oxygens (including phenoxy) is 1. The van der Waals surface area contributed by atoms with Crippen molar-refractivity contribution in [1.29, 1.82) is 0 Å². The van der Waals surface area contributed by atoms with Crippen LogP contribution in [0, 0.1) is 30.5 Å². The minimum Gasteiger partial charge on any atom is -0.491 e. The van der Waals surface area contributed by atoms with Crippen LogP contribution in [0.1, 0.15) is 37.1 Å². The summed E-state index contributed by atoms with van der Waals surface area (Å²) >= 11 is 0. The molecule has 1 spiro atoms. The molecule has 4 unspecified atom stereocenters. The molecule has 2 aliphatic carbocycles. The number of fused-ring (bicyclic) bond motifs is 3. The van der Waals surface area contributed by atoms with Crippen LogP contribution in [0.4, 0.5) is 15.9 Å². The van der Waals surface area contributed by atoms with Gasteiger partial charge in [-0.3, -0.25) is 10.2 Å². The van der Waals surface area contributed by atoms with Crippen molar-refractivity contribution in [3.63, 3.8) is 0 Å². The van der Waals surface area contributed by atoms with Crippen LogP contribution in [0.5, 0.6) is 5.75 Å². The standard InChI is InChI=1S/C23H27FN6O2/c1-11-25-10-18(32-2)21(26-11)28-20-13-7-6-12(8-17(13)29-30-20)14-9-23(14)19-15(24)4-3-5-16(19)27-22(23)31/h3-5,10,12-14,17,20,29-30H,6-9H2,1-2H3,(H,27,31)(H,25,26,28)/t12?,13?,14-,17?,20?,23-/m0/s1. The minimum absolute atomic E-state index is 0.0188. The molecule has 1 saturated heterocycles. The van der Waals surface area contributed by atoms with E-state index in [1.807, 2.05) is 6.92 Å². The molecule has 8 nitrogen and oxygen atoms in total. The smallest absolute Gasteiger partial charge is 0.235 e. The number of nitrogens with zero attached hydrogens (tertiary/aromatic N) is 2. The first-order chi connectivity index (χ1) is 15.5. The number of anilines is 2. The van der Waals surface area contributed by atoms with E-state index in [2.05, 4.69) is 31.5 Å². The number of carbonyl (C=O) groups is 1. The average Bonchev–Trinajstić information content (AvgIpc) is 3.30. The van der Waals surface area contributed by atoms with Gasteiger partial charge in [-0.25, -0.2) is 19.8 Å². The maximum absolute atomic E-state index is 14.7. The predicted molar refractivity (Wildman–Crippen MR) is 116 cm³/mol. The summed E-state index contributed by atoms with van der Waals surface area (Å²) in [6, 6.07) is 5.21. The third-order valence-electron chi connectivity index (χ3n) is 7.88. The van der Waals surface area contributed by atoms with Crippen LogP contribution in [-0.4, -0.2) is 35.2 Å². The Bertz CT molecular complexity index is 1100. The van der Waals surface area contributed by atoms with E-state index < -0.39 is 5.41 Å². The number of aromatic nitrogens is 2. The number of rotatable bonds is 4. The molecule has 0 bridgehead atoms. The summed E-state index contributed by atoms with van der Waals surface area (Å²) < 4.78 is 20.1. The third kappa shape index (κ3) is 2.84. The largest absolute Gasteiger partial charge is 0.491 e. The number of amides is 1. The fourth-order valence-corrected chi connectivity index (χ4v) is 6.30. The van der Waals surface area contributed by atoms with Gasteiger partial charge >= 0.3 is 0 Å². The van der Waals surface area contributed by atoms with Crippen molar-refractivity contribution < 1.29 is 13.9 Å². The highest BCUT2D eigenvalue weighted by Crippen LogP contribution is 2.65. The van der Waals surface area contributed by atoms with Crippen molar-refractivity contribution in [1.82, 2.24) is 20.8 Å². The summed E-state index contributed by atoms with van der Waals surface area (Å²) in [5.41, 5.74) is 7.37. The number of hydrogen-bond donors (Lipinski definition) is 4. The van der Waals surface area contributed by atoms with Gasteiger partial charge in [0.25, 0.3) is 0 Å². The van der Waals surface area contributed by atoms with Crippen LogP contribution in [0.25, 0.3) is 0 Å². The first-order valence-electron chi connectivity index (χ1n) is 11.3. The molecule has 3 heterocycles. The Labute approximate surface area is 185 Å². The topological polar surface area (TPSA) is 100 Å². The second-order valence-electron chi connectivity index (χ2n) is 9.49. The van der Waals surface area contributed by atoms with Crippen molar-refractivity contribution in [3.05, 3.63) is 41.6 Å². The zero-order valence-electron chi connectivity index (χ0n) is 18.1. The lowest BCUT2D eigenvalue weighted by molar-refractivity contribution is -0.118. The summed E-state index contributed by atoms with van der Waals surface area (Å²) in [5, 5.41) is 6.39. The number of methoxy groups -OCH3 is 1. The van der Waals surface area contributed by atoms with Gasteiger partial charge in [0, 0.05) is 23.2 Å². The molecule has 1 aromatic carbocycles. The quantitative estimate of drug-likeness (QED) is 0.582. The fraction of sp³-hybridized carbons (Fsp3) is 0.522. The summed E-state index contributed by atoms with van der Waals surface area (Å²) in [5.74, 6) is 2.63. The second kappa shape index (κ2) is 7.11. The van der Waals surface area contributed by atoms with E-state index in [0.29, 0.717) is 40.5 Å². The lowest BCUT2D eigenvalue weighted by Gasteiger charge is -2.34. The zero-order valence-corrected chi connectivity index (χ0v) is 18.1. The average molecular weight is 439 g/mol. The van der Waals surface area contributed by atoms with Crippen molar-refractivity contribution in [3.8, 4) is 5.75 Å². The number of halogens is 1. The van der Waals surface area contributed by atoms with E-state index >= 15 is 0 Å². The van der Waals surface area contributed by atoms with Gasteiger partial charge in [0.15, 0.2) is 11.6 Å². The van der Waals surface area contributed by atoms with Crippen LogP contribution >= 0.6 is 0 Å². The summed E-state index contributed by atoms with van der Waals surface area (Å²) in [4.78, 5) is 21.5. The molecule has 9 heteroatoms.